The maximum atomic E-state index is 10.2. The Morgan fingerprint density at radius 3 is 1.06 bits per heavy atom. The van der Waals surface area contributed by atoms with E-state index in [1.54, 1.807) is 15.0 Å². The minimum Gasteiger partial charge on any atom is -0.302 e. The SMILES string of the molecule is O=P(O)(O)OP(=O)(O)O.O=c1[nH]c(=O)[nH]c(=O)[nH]1. The molecule has 1 heterocycles. The van der Waals surface area contributed by atoms with Gasteiger partial charge in [0.05, 0.1) is 0 Å². The van der Waals surface area contributed by atoms with Crippen molar-refractivity contribution in [1.29, 1.82) is 0 Å². The highest BCUT2D eigenvalue weighted by molar-refractivity contribution is 7.60. The van der Waals surface area contributed by atoms with Crippen molar-refractivity contribution in [3.63, 3.8) is 0 Å². The van der Waals surface area contributed by atoms with Crippen LogP contribution in [0.15, 0.2) is 14.4 Å². The number of hydrogen-bond donors (Lipinski definition) is 7. The van der Waals surface area contributed by atoms with E-state index in [0.717, 1.165) is 0 Å². The predicted octanol–water partition coefficient (Wildman–Crippen LogP) is -3.06. The first-order valence-corrected chi connectivity index (χ1v) is 6.70. The van der Waals surface area contributed by atoms with Crippen molar-refractivity contribution in [3.05, 3.63) is 31.5 Å². The lowest BCUT2D eigenvalue weighted by Crippen LogP contribution is -2.34. The first kappa shape index (κ1) is 16.7. The molecule has 0 amide bonds. The summed E-state index contributed by atoms with van der Waals surface area (Å²) in [7, 11) is -10.1. The van der Waals surface area contributed by atoms with Crippen molar-refractivity contribution < 1.29 is 33.0 Å². The molecule has 7 N–H and O–H groups in total. The van der Waals surface area contributed by atoms with Crippen LogP contribution in [0, 0.1) is 0 Å². The summed E-state index contributed by atoms with van der Waals surface area (Å²) < 4.78 is 22.2. The molecule has 18 heavy (non-hydrogen) atoms. The molecule has 0 bridgehead atoms. The van der Waals surface area contributed by atoms with Gasteiger partial charge in [0.1, 0.15) is 0 Å². The molecule has 0 aliphatic heterocycles. The highest BCUT2D eigenvalue weighted by Crippen LogP contribution is 2.53. The van der Waals surface area contributed by atoms with Crippen molar-refractivity contribution in [1.82, 2.24) is 15.0 Å². The van der Waals surface area contributed by atoms with Crippen molar-refractivity contribution in [2.45, 2.75) is 0 Å². The van der Waals surface area contributed by atoms with Gasteiger partial charge < -0.3 is 19.6 Å². The number of aromatic nitrogens is 3. The Morgan fingerprint density at radius 2 is 0.944 bits per heavy atom. The number of rotatable bonds is 2. The maximum absolute atomic E-state index is 10.2. The second-order valence-electron chi connectivity index (χ2n) is 2.43. The van der Waals surface area contributed by atoms with Crippen LogP contribution >= 0.6 is 15.6 Å². The fourth-order valence-corrected chi connectivity index (χ4v) is 1.65. The Balaban J connectivity index is 0.000000321. The van der Waals surface area contributed by atoms with E-state index >= 15 is 0 Å². The van der Waals surface area contributed by atoms with Crippen LogP contribution in [0.5, 0.6) is 0 Å². The molecule has 1 aromatic heterocycles. The third-order valence-electron chi connectivity index (χ3n) is 0.894. The molecule has 104 valence electrons. The quantitative estimate of drug-likeness (QED) is 0.273. The van der Waals surface area contributed by atoms with Crippen LogP contribution in [0.2, 0.25) is 0 Å². The number of hydrogen-bond acceptors (Lipinski definition) is 6. The Labute approximate surface area is 96.0 Å². The van der Waals surface area contributed by atoms with Crippen LogP contribution in [0.25, 0.3) is 0 Å². The summed E-state index contributed by atoms with van der Waals surface area (Å²) in [6, 6.07) is 0. The minimum atomic E-state index is -5.05. The van der Waals surface area contributed by atoms with E-state index < -0.39 is 32.7 Å². The van der Waals surface area contributed by atoms with Gasteiger partial charge in [-0.2, -0.15) is 4.31 Å². The molecule has 13 nitrogen and oxygen atoms in total. The lowest BCUT2D eigenvalue weighted by atomic mass is 11.0. The molecule has 1 aromatic rings. The molecule has 15 heteroatoms. The number of nitrogens with one attached hydrogen (secondary N) is 3. The normalized spacial score (nSPS) is 11.6. The van der Waals surface area contributed by atoms with E-state index in [0.29, 0.717) is 0 Å². The number of aromatic amines is 3. The monoisotopic (exact) mass is 307 g/mol. The van der Waals surface area contributed by atoms with Gasteiger partial charge in [0.25, 0.3) is 0 Å². The second kappa shape index (κ2) is 6.02. The molecule has 0 unspecified atom stereocenters. The summed E-state index contributed by atoms with van der Waals surface area (Å²) in [6.07, 6.45) is 0. The molecule has 0 aliphatic rings. The summed E-state index contributed by atoms with van der Waals surface area (Å²) in [5, 5.41) is 0. The molecule has 0 saturated carbocycles. The van der Waals surface area contributed by atoms with Gasteiger partial charge in [-0.05, 0) is 0 Å². The van der Waals surface area contributed by atoms with Crippen molar-refractivity contribution >= 4 is 15.6 Å². The lowest BCUT2D eigenvalue weighted by Gasteiger charge is -2.03. The largest absolute Gasteiger partial charge is 0.478 e. The molecule has 0 saturated heterocycles. The van der Waals surface area contributed by atoms with Crippen LogP contribution < -0.4 is 17.1 Å². The van der Waals surface area contributed by atoms with Gasteiger partial charge in [-0.3, -0.25) is 15.0 Å². The predicted molar refractivity (Wildman–Crippen MR) is 53.5 cm³/mol. The fraction of sp³-hybridized carbons (Fsp3) is 0. The highest BCUT2D eigenvalue weighted by atomic mass is 31.3. The Hall–Kier alpha value is -1.33. The van der Waals surface area contributed by atoms with E-state index in [2.05, 4.69) is 4.31 Å². The Morgan fingerprint density at radius 1 is 0.722 bits per heavy atom. The smallest absolute Gasteiger partial charge is 0.302 e. The zero-order chi connectivity index (χ0) is 14.6. The van der Waals surface area contributed by atoms with Gasteiger partial charge in [0, 0.05) is 0 Å². The van der Waals surface area contributed by atoms with Gasteiger partial charge in [0.2, 0.25) is 0 Å². The van der Waals surface area contributed by atoms with Gasteiger partial charge in [-0.15, -0.1) is 0 Å². The van der Waals surface area contributed by atoms with Crippen molar-refractivity contribution in [3.8, 4) is 0 Å². The first-order chi connectivity index (χ1) is 7.89. The molecule has 0 spiro atoms. The van der Waals surface area contributed by atoms with E-state index in [4.69, 9.17) is 19.6 Å². The van der Waals surface area contributed by atoms with Crippen molar-refractivity contribution in [2.75, 3.05) is 0 Å². The number of H-pyrrole nitrogens is 3. The summed E-state index contributed by atoms with van der Waals surface area (Å²) >= 11 is 0. The Bertz CT molecular complexity index is 543. The third-order valence-corrected chi connectivity index (χ3v) is 2.60. The average molecular weight is 307 g/mol. The summed E-state index contributed by atoms with van der Waals surface area (Å²) in [5.74, 6) is 0. The molecular weight excluding hydrogens is 300 g/mol. The molecule has 0 atom stereocenters. The van der Waals surface area contributed by atoms with Gasteiger partial charge in [-0.1, -0.05) is 0 Å². The highest BCUT2D eigenvalue weighted by Gasteiger charge is 2.27. The van der Waals surface area contributed by atoms with Gasteiger partial charge in [0.15, 0.2) is 0 Å². The molecule has 0 aliphatic carbocycles. The topological polar surface area (TPSA) is 223 Å². The van der Waals surface area contributed by atoms with Crippen LogP contribution in [0.1, 0.15) is 0 Å². The minimum absolute atomic E-state index is 0.802. The van der Waals surface area contributed by atoms with E-state index in [9.17, 15) is 23.5 Å². The zero-order valence-electron chi connectivity index (χ0n) is 8.13. The van der Waals surface area contributed by atoms with E-state index in [1.807, 2.05) is 0 Å². The summed E-state index contributed by atoms with van der Waals surface area (Å²) in [5.41, 5.74) is -2.41. The summed E-state index contributed by atoms with van der Waals surface area (Å²) in [6.45, 7) is 0. The lowest BCUT2D eigenvalue weighted by molar-refractivity contribution is 0.225. The van der Waals surface area contributed by atoms with Crippen LogP contribution in [-0.2, 0) is 13.4 Å². The summed E-state index contributed by atoms with van der Waals surface area (Å²) in [4.78, 5) is 66.9. The Kier molecular flexibility index (Phi) is 5.57. The number of phosphoric acid groups is 2. The molecule has 0 fully saturated rings. The second-order valence-corrected chi connectivity index (χ2v) is 5.04. The van der Waals surface area contributed by atoms with Crippen molar-refractivity contribution in [2.24, 2.45) is 0 Å². The van der Waals surface area contributed by atoms with Gasteiger partial charge in [-0.25, -0.2) is 23.5 Å². The van der Waals surface area contributed by atoms with Crippen LogP contribution in [-0.4, -0.2) is 34.5 Å². The molecule has 1 rings (SSSR count). The molecular formula is C3H7N3O10P2. The van der Waals surface area contributed by atoms with Gasteiger partial charge >= 0.3 is 32.7 Å². The first-order valence-electron chi connectivity index (χ1n) is 3.64. The molecule has 0 radical (unpaired) electrons. The maximum Gasteiger partial charge on any atom is 0.478 e. The van der Waals surface area contributed by atoms with Crippen LogP contribution in [0.3, 0.4) is 0 Å². The molecule has 0 aromatic carbocycles. The zero-order valence-corrected chi connectivity index (χ0v) is 9.92. The fourth-order valence-electron chi connectivity index (χ4n) is 0.542. The van der Waals surface area contributed by atoms with E-state index in [1.165, 1.54) is 0 Å². The average Bonchev–Trinajstić information content (AvgIpc) is 1.92. The third kappa shape index (κ3) is 9.86. The van der Waals surface area contributed by atoms with E-state index in [-0.39, 0.29) is 0 Å². The van der Waals surface area contributed by atoms with Crippen LogP contribution in [0.4, 0.5) is 0 Å². The standard InChI is InChI=1S/C3H3N3O3.H4O7P2/c7-1-4-2(8)6-3(9)5-1;1-8(2,3)7-9(4,5)6/h(H3,4,5,6,7,8,9);(H2,1,2,3)(H2,4,5,6).